The predicted molar refractivity (Wildman–Crippen MR) is 117 cm³/mol. The van der Waals surface area contributed by atoms with E-state index < -0.39 is 35.1 Å². The second-order valence-corrected chi connectivity index (χ2v) is 7.88. The lowest BCUT2D eigenvalue weighted by atomic mass is 9.96. The Morgan fingerprint density at radius 3 is 2.39 bits per heavy atom. The zero-order chi connectivity index (χ0) is 24.0. The number of aliphatic hydroxyl groups is 1. The summed E-state index contributed by atoms with van der Waals surface area (Å²) in [6.45, 7) is 5.26. The molecule has 2 heterocycles. The number of aliphatic hydroxyl groups excluding tert-OH is 1. The van der Waals surface area contributed by atoms with Crippen molar-refractivity contribution in [3.63, 3.8) is 0 Å². The molecule has 8 heteroatoms. The molecule has 1 unspecified atom stereocenters. The normalized spacial score (nSPS) is 17.6. The smallest absolute Gasteiger partial charge is 0.300 e. The number of amides is 1. The Balaban J connectivity index is 2.02. The molecule has 0 saturated carbocycles. The van der Waals surface area contributed by atoms with Crippen molar-refractivity contribution in [1.82, 2.24) is 0 Å². The lowest BCUT2D eigenvalue weighted by molar-refractivity contribution is -0.132. The Labute approximate surface area is 188 Å². The molecule has 0 spiro atoms. The number of halogens is 2. The fourth-order valence-corrected chi connectivity index (χ4v) is 4.17. The van der Waals surface area contributed by atoms with Gasteiger partial charge in [0.15, 0.2) is 0 Å². The Morgan fingerprint density at radius 2 is 1.79 bits per heavy atom. The number of nitrogens with zero attached hydrogens (tertiary/aromatic N) is 1. The van der Waals surface area contributed by atoms with E-state index in [-0.39, 0.29) is 22.6 Å². The molecule has 33 heavy (non-hydrogen) atoms. The first kappa shape index (κ1) is 22.3. The molecular formula is C25H21F2NO5. The Bertz CT molecular complexity index is 1320. The van der Waals surface area contributed by atoms with Crippen LogP contribution in [0.2, 0.25) is 0 Å². The maximum atomic E-state index is 14.7. The number of aryl methyl sites for hydroxylation is 3. The number of rotatable bonds is 4. The van der Waals surface area contributed by atoms with Gasteiger partial charge in [0.2, 0.25) is 0 Å². The van der Waals surface area contributed by atoms with Gasteiger partial charge in [-0.25, -0.2) is 8.78 Å². The molecule has 1 atom stereocenters. The van der Waals surface area contributed by atoms with E-state index in [1.165, 1.54) is 13.2 Å². The Morgan fingerprint density at radius 1 is 1.06 bits per heavy atom. The van der Waals surface area contributed by atoms with Crippen LogP contribution in [0.25, 0.3) is 5.76 Å². The van der Waals surface area contributed by atoms with Crippen molar-refractivity contribution in [2.75, 3.05) is 12.0 Å². The van der Waals surface area contributed by atoms with E-state index in [1.54, 1.807) is 26.0 Å². The molecule has 1 aliphatic rings. The van der Waals surface area contributed by atoms with Crippen molar-refractivity contribution in [3.05, 3.63) is 87.9 Å². The van der Waals surface area contributed by atoms with E-state index in [1.807, 2.05) is 13.0 Å². The number of methoxy groups -OCH3 is 1. The van der Waals surface area contributed by atoms with Crippen molar-refractivity contribution in [2.45, 2.75) is 26.8 Å². The molecule has 1 fully saturated rings. The third-order valence-corrected chi connectivity index (χ3v) is 5.52. The number of hydrogen-bond donors (Lipinski definition) is 1. The van der Waals surface area contributed by atoms with Crippen LogP contribution < -0.4 is 9.64 Å². The molecule has 4 rings (SSSR count). The number of carbonyl (C=O) groups is 2. The van der Waals surface area contributed by atoms with Crippen LogP contribution in [0.3, 0.4) is 0 Å². The molecule has 1 aromatic heterocycles. The minimum absolute atomic E-state index is 0.139. The average molecular weight is 453 g/mol. The highest BCUT2D eigenvalue weighted by molar-refractivity contribution is 6.51. The van der Waals surface area contributed by atoms with Gasteiger partial charge >= 0.3 is 0 Å². The molecule has 0 radical (unpaired) electrons. The fourth-order valence-electron chi connectivity index (χ4n) is 4.17. The predicted octanol–water partition coefficient (Wildman–Crippen LogP) is 5.12. The molecule has 2 aromatic carbocycles. The van der Waals surface area contributed by atoms with E-state index in [4.69, 9.17) is 9.15 Å². The Kier molecular flexibility index (Phi) is 5.53. The molecule has 170 valence electrons. The maximum Gasteiger partial charge on any atom is 0.300 e. The molecule has 1 N–H and O–H groups in total. The molecule has 3 aromatic rings. The monoisotopic (exact) mass is 453 g/mol. The third kappa shape index (κ3) is 3.67. The topological polar surface area (TPSA) is 80.0 Å². The Hall–Kier alpha value is -3.94. The lowest BCUT2D eigenvalue weighted by Crippen LogP contribution is -2.30. The first-order valence-corrected chi connectivity index (χ1v) is 10.1. The van der Waals surface area contributed by atoms with Crippen LogP contribution in [0.4, 0.5) is 14.5 Å². The standard InChI is InChI=1S/C25H21F2NO5/c1-12-9-13(2)24(32-4)16(10-12)22(29)20-21(19-8-5-14(3)33-19)28(25(31)23(20)30)18-7-6-15(26)11-17(18)27/h5-11,21,29H,1-4H3/b22-20+. The van der Waals surface area contributed by atoms with E-state index >= 15 is 0 Å². The highest BCUT2D eigenvalue weighted by Crippen LogP contribution is 2.44. The zero-order valence-corrected chi connectivity index (χ0v) is 18.4. The first-order valence-electron chi connectivity index (χ1n) is 10.1. The minimum atomic E-state index is -1.27. The van der Waals surface area contributed by atoms with Crippen LogP contribution in [0.1, 0.15) is 34.3 Å². The van der Waals surface area contributed by atoms with Gasteiger partial charge in [-0.1, -0.05) is 6.07 Å². The zero-order valence-electron chi connectivity index (χ0n) is 18.4. The van der Waals surface area contributed by atoms with Gasteiger partial charge in [0.1, 0.15) is 40.7 Å². The maximum absolute atomic E-state index is 14.7. The molecule has 1 aliphatic heterocycles. The van der Waals surface area contributed by atoms with Gasteiger partial charge in [0, 0.05) is 6.07 Å². The van der Waals surface area contributed by atoms with Crippen molar-refractivity contribution in [1.29, 1.82) is 0 Å². The van der Waals surface area contributed by atoms with Gasteiger partial charge in [-0.15, -0.1) is 0 Å². The largest absolute Gasteiger partial charge is 0.507 e. The summed E-state index contributed by atoms with van der Waals surface area (Å²) in [5, 5.41) is 11.3. The highest BCUT2D eigenvalue weighted by atomic mass is 19.1. The minimum Gasteiger partial charge on any atom is -0.507 e. The second kappa shape index (κ2) is 8.20. The molecular weight excluding hydrogens is 432 g/mol. The number of ketones is 1. The highest BCUT2D eigenvalue weighted by Gasteiger charge is 2.49. The SMILES string of the molecule is COc1c(C)cc(C)cc1/C(O)=C1\C(=O)C(=O)N(c2ccc(F)cc2F)C1c1ccc(C)o1. The van der Waals surface area contributed by atoms with Crippen LogP contribution in [0, 0.1) is 32.4 Å². The van der Waals surface area contributed by atoms with Gasteiger partial charge < -0.3 is 14.3 Å². The molecule has 0 aliphatic carbocycles. The van der Waals surface area contributed by atoms with Gasteiger partial charge in [-0.3, -0.25) is 14.5 Å². The second-order valence-electron chi connectivity index (χ2n) is 7.88. The van der Waals surface area contributed by atoms with Gasteiger partial charge in [-0.05, 0) is 62.2 Å². The number of Topliss-reactive ketones (excluding diaryl/α,β-unsaturated/α-hetero) is 1. The summed E-state index contributed by atoms with van der Waals surface area (Å²) in [5.74, 6) is -3.51. The number of benzene rings is 2. The van der Waals surface area contributed by atoms with Crippen LogP contribution in [0.15, 0.2) is 52.5 Å². The first-order chi connectivity index (χ1) is 15.6. The fraction of sp³-hybridized carbons (Fsp3) is 0.200. The summed E-state index contributed by atoms with van der Waals surface area (Å²) < 4.78 is 39.3. The van der Waals surface area contributed by atoms with Crippen molar-refractivity contribution in [3.8, 4) is 5.75 Å². The van der Waals surface area contributed by atoms with Crippen molar-refractivity contribution < 1.29 is 32.6 Å². The van der Waals surface area contributed by atoms with Crippen molar-refractivity contribution >= 4 is 23.1 Å². The quantitative estimate of drug-likeness (QED) is 0.337. The van der Waals surface area contributed by atoms with Crippen molar-refractivity contribution in [2.24, 2.45) is 0 Å². The van der Waals surface area contributed by atoms with Gasteiger partial charge in [0.25, 0.3) is 11.7 Å². The van der Waals surface area contributed by atoms with E-state index in [9.17, 15) is 23.5 Å². The summed E-state index contributed by atoms with van der Waals surface area (Å²) in [4.78, 5) is 27.1. The van der Waals surface area contributed by atoms with Gasteiger partial charge in [0.05, 0.1) is 23.9 Å². The number of furan rings is 1. The van der Waals surface area contributed by atoms with E-state index in [0.717, 1.165) is 22.6 Å². The molecule has 1 saturated heterocycles. The number of ether oxygens (including phenoxy) is 1. The number of carbonyl (C=O) groups excluding carboxylic acids is 2. The summed E-state index contributed by atoms with van der Waals surface area (Å²) in [5.41, 5.74) is 1.11. The summed E-state index contributed by atoms with van der Waals surface area (Å²) in [6.07, 6.45) is 0. The number of anilines is 1. The third-order valence-electron chi connectivity index (χ3n) is 5.52. The van der Waals surface area contributed by atoms with Crippen LogP contribution in [-0.4, -0.2) is 23.9 Å². The molecule has 6 nitrogen and oxygen atoms in total. The van der Waals surface area contributed by atoms with E-state index in [0.29, 0.717) is 23.1 Å². The van der Waals surface area contributed by atoms with E-state index in [2.05, 4.69) is 0 Å². The average Bonchev–Trinajstić information content (AvgIpc) is 3.28. The van der Waals surface area contributed by atoms with Crippen LogP contribution in [-0.2, 0) is 9.59 Å². The van der Waals surface area contributed by atoms with Crippen LogP contribution in [0.5, 0.6) is 5.75 Å². The summed E-state index contributed by atoms with van der Waals surface area (Å²) in [7, 11) is 1.42. The molecule has 0 bridgehead atoms. The lowest BCUT2D eigenvalue weighted by Gasteiger charge is -2.24. The van der Waals surface area contributed by atoms with Crippen LogP contribution >= 0.6 is 0 Å². The number of hydrogen-bond acceptors (Lipinski definition) is 5. The summed E-state index contributed by atoms with van der Waals surface area (Å²) >= 11 is 0. The summed E-state index contributed by atoms with van der Waals surface area (Å²) in [6, 6.07) is 8.01. The van der Waals surface area contributed by atoms with Gasteiger partial charge in [-0.2, -0.15) is 0 Å². The molecule has 1 amide bonds.